The third kappa shape index (κ3) is 3.67. The predicted octanol–water partition coefficient (Wildman–Crippen LogP) is 1.18. The van der Waals surface area contributed by atoms with Crippen LogP contribution < -0.4 is 16.4 Å². The van der Waals surface area contributed by atoms with E-state index < -0.39 is 0 Å². The van der Waals surface area contributed by atoms with Crippen molar-refractivity contribution in [3.63, 3.8) is 0 Å². The highest BCUT2D eigenvalue weighted by Gasteiger charge is 2.05. The van der Waals surface area contributed by atoms with Gasteiger partial charge in [-0.05, 0) is 16.8 Å². The Labute approximate surface area is 113 Å². The molecular formula is C15H21N3O. The van der Waals surface area contributed by atoms with Gasteiger partial charge in [-0.1, -0.05) is 30.3 Å². The summed E-state index contributed by atoms with van der Waals surface area (Å²) < 4.78 is 0. The first-order chi connectivity index (χ1) is 9.33. The summed E-state index contributed by atoms with van der Waals surface area (Å²) in [6.45, 7) is 3.88. The van der Waals surface area contributed by atoms with Crippen LogP contribution in [0.15, 0.2) is 36.4 Å². The average molecular weight is 259 g/mol. The second-order valence-corrected chi connectivity index (χ2v) is 4.50. The Morgan fingerprint density at radius 2 is 1.74 bits per heavy atom. The first kappa shape index (κ1) is 13.8. The second kappa shape index (κ2) is 7.09. The molecule has 0 fully saturated rings. The molecule has 0 saturated heterocycles. The molecule has 0 amide bonds. The van der Waals surface area contributed by atoms with Gasteiger partial charge in [-0.25, -0.2) is 0 Å². The molecular weight excluding hydrogens is 238 g/mol. The van der Waals surface area contributed by atoms with E-state index in [-0.39, 0.29) is 0 Å². The lowest BCUT2D eigenvalue weighted by Crippen LogP contribution is -2.30. The fraction of sp³-hybridized carbons (Fsp3) is 0.333. The van der Waals surface area contributed by atoms with E-state index in [1.54, 1.807) is 6.07 Å². The number of rotatable bonds is 7. The minimum Gasteiger partial charge on any atom is -0.508 e. The molecule has 0 radical (unpaired) electrons. The van der Waals surface area contributed by atoms with Crippen LogP contribution in [-0.4, -0.2) is 31.3 Å². The van der Waals surface area contributed by atoms with Crippen molar-refractivity contribution in [2.45, 2.75) is 6.54 Å². The molecule has 2 rings (SSSR count). The Balaban J connectivity index is 1.98. The fourth-order valence-corrected chi connectivity index (χ4v) is 2.13. The van der Waals surface area contributed by atoms with Crippen LogP contribution in [0.5, 0.6) is 5.75 Å². The van der Waals surface area contributed by atoms with Crippen molar-refractivity contribution in [1.82, 2.24) is 10.6 Å². The van der Waals surface area contributed by atoms with Crippen molar-refractivity contribution in [3.05, 3.63) is 42.0 Å². The smallest absolute Gasteiger partial charge is 0.120 e. The number of phenols is 1. The summed E-state index contributed by atoms with van der Waals surface area (Å²) in [7, 11) is 0. The lowest BCUT2D eigenvalue weighted by atomic mass is 10.0. The summed E-state index contributed by atoms with van der Waals surface area (Å²) in [6, 6.07) is 11.8. The van der Waals surface area contributed by atoms with Crippen molar-refractivity contribution in [1.29, 1.82) is 0 Å². The lowest BCUT2D eigenvalue weighted by Gasteiger charge is -2.10. The van der Waals surface area contributed by atoms with Gasteiger partial charge in [0.15, 0.2) is 0 Å². The molecule has 0 bridgehead atoms. The van der Waals surface area contributed by atoms with Gasteiger partial charge in [-0.15, -0.1) is 0 Å². The minimum absolute atomic E-state index is 0.348. The normalized spacial score (nSPS) is 11.0. The summed E-state index contributed by atoms with van der Waals surface area (Å²) in [6.07, 6.45) is 0. The van der Waals surface area contributed by atoms with E-state index in [4.69, 9.17) is 5.73 Å². The number of phenolic OH excluding ortho intramolecular Hbond substituents is 1. The third-order valence-electron chi connectivity index (χ3n) is 3.12. The minimum atomic E-state index is 0.348. The summed E-state index contributed by atoms with van der Waals surface area (Å²) in [5, 5.41) is 18.8. The molecule has 5 N–H and O–H groups in total. The molecule has 2 aromatic rings. The number of nitrogens with two attached hydrogens (primary N) is 1. The van der Waals surface area contributed by atoms with Crippen molar-refractivity contribution in [3.8, 4) is 5.75 Å². The van der Waals surface area contributed by atoms with Gasteiger partial charge >= 0.3 is 0 Å². The zero-order chi connectivity index (χ0) is 13.5. The van der Waals surface area contributed by atoms with Crippen LogP contribution in [-0.2, 0) is 6.54 Å². The van der Waals surface area contributed by atoms with Crippen molar-refractivity contribution in [2.24, 2.45) is 5.73 Å². The molecule has 0 aliphatic heterocycles. The van der Waals surface area contributed by atoms with Gasteiger partial charge in [0, 0.05) is 38.3 Å². The first-order valence-corrected chi connectivity index (χ1v) is 6.64. The van der Waals surface area contributed by atoms with Gasteiger partial charge in [-0.2, -0.15) is 0 Å². The van der Waals surface area contributed by atoms with Gasteiger partial charge in [0.25, 0.3) is 0 Å². The van der Waals surface area contributed by atoms with E-state index in [1.165, 1.54) is 0 Å². The number of fused-ring (bicyclic) bond motifs is 1. The first-order valence-electron chi connectivity index (χ1n) is 6.64. The lowest BCUT2D eigenvalue weighted by molar-refractivity contribution is 0.465. The van der Waals surface area contributed by atoms with E-state index in [1.807, 2.05) is 24.3 Å². The maximum absolute atomic E-state index is 9.98. The summed E-state index contributed by atoms with van der Waals surface area (Å²) in [5.74, 6) is 0.348. The average Bonchev–Trinajstić information content (AvgIpc) is 2.44. The Hall–Kier alpha value is -1.62. The fourth-order valence-electron chi connectivity index (χ4n) is 2.13. The highest BCUT2D eigenvalue weighted by molar-refractivity contribution is 5.87. The van der Waals surface area contributed by atoms with Crippen LogP contribution in [0.4, 0.5) is 0 Å². The standard InChI is InChI=1S/C15H21N3O/c16-7-8-17-9-10-18-11-14-13-4-2-1-3-12(13)5-6-15(14)19/h1-6,17-19H,7-11,16H2. The SMILES string of the molecule is NCCNCCNCc1c(O)ccc2ccccc12. The van der Waals surface area contributed by atoms with Crippen LogP contribution in [0, 0.1) is 0 Å². The third-order valence-corrected chi connectivity index (χ3v) is 3.12. The molecule has 102 valence electrons. The Morgan fingerprint density at radius 1 is 0.947 bits per heavy atom. The zero-order valence-corrected chi connectivity index (χ0v) is 11.0. The van der Waals surface area contributed by atoms with Crippen LogP contribution in [0.2, 0.25) is 0 Å². The van der Waals surface area contributed by atoms with Gasteiger partial charge in [0.2, 0.25) is 0 Å². The van der Waals surface area contributed by atoms with Crippen molar-refractivity contribution in [2.75, 3.05) is 26.2 Å². The van der Waals surface area contributed by atoms with Gasteiger partial charge < -0.3 is 21.5 Å². The van der Waals surface area contributed by atoms with Gasteiger partial charge in [0.1, 0.15) is 5.75 Å². The van der Waals surface area contributed by atoms with E-state index in [9.17, 15) is 5.11 Å². The Morgan fingerprint density at radius 3 is 2.58 bits per heavy atom. The van der Waals surface area contributed by atoms with Gasteiger partial charge in [0.05, 0.1) is 0 Å². The molecule has 0 aromatic heterocycles. The quantitative estimate of drug-likeness (QED) is 0.564. The van der Waals surface area contributed by atoms with Crippen molar-refractivity contribution >= 4 is 10.8 Å². The monoisotopic (exact) mass is 259 g/mol. The largest absolute Gasteiger partial charge is 0.508 e. The number of aromatic hydroxyl groups is 1. The number of hydrogen-bond acceptors (Lipinski definition) is 4. The predicted molar refractivity (Wildman–Crippen MR) is 79.2 cm³/mol. The van der Waals surface area contributed by atoms with Gasteiger partial charge in [-0.3, -0.25) is 0 Å². The summed E-state index contributed by atoms with van der Waals surface area (Å²) >= 11 is 0. The van der Waals surface area contributed by atoms with E-state index >= 15 is 0 Å². The zero-order valence-electron chi connectivity index (χ0n) is 11.0. The molecule has 0 saturated carbocycles. The van der Waals surface area contributed by atoms with Crippen LogP contribution in [0.1, 0.15) is 5.56 Å². The van der Waals surface area contributed by atoms with E-state index in [0.717, 1.165) is 36.0 Å². The Kier molecular flexibility index (Phi) is 5.15. The molecule has 0 atom stereocenters. The molecule has 0 spiro atoms. The second-order valence-electron chi connectivity index (χ2n) is 4.50. The number of benzene rings is 2. The van der Waals surface area contributed by atoms with Crippen molar-refractivity contribution < 1.29 is 5.11 Å². The topological polar surface area (TPSA) is 70.3 Å². The highest BCUT2D eigenvalue weighted by Crippen LogP contribution is 2.26. The van der Waals surface area contributed by atoms with E-state index in [2.05, 4.69) is 16.7 Å². The molecule has 4 nitrogen and oxygen atoms in total. The van der Waals surface area contributed by atoms with Crippen LogP contribution >= 0.6 is 0 Å². The molecule has 0 aliphatic rings. The molecule has 2 aromatic carbocycles. The number of nitrogens with one attached hydrogen (secondary N) is 2. The Bertz CT molecular complexity index is 528. The van der Waals surface area contributed by atoms with Crippen LogP contribution in [0.25, 0.3) is 10.8 Å². The summed E-state index contributed by atoms with van der Waals surface area (Å²) in [4.78, 5) is 0. The number of hydrogen-bond donors (Lipinski definition) is 4. The van der Waals surface area contributed by atoms with Crippen LogP contribution in [0.3, 0.4) is 0 Å². The molecule has 0 heterocycles. The molecule has 19 heavy (non-hydrogen) atoms. The maximum Gasteiger partial charge on any atom is 0.120 e. The van der Waals surface area contributed by atoms with E-state index in [0.29, 0.717) is 18.8 Å². The maximum atomic E-state index is 9.98. The highest BCUT2D eigenvalue weighted by atomic mass is 16.3. The molecule has 0 aliphatic carbocycles. The molecule has 0 unspecified atom stereocenters. The summed E-state index contributed by atoms with van der Waals surface area (Å²) in [5.41, 5.74) is 6.36. The molecule has 4 heteroatoms.